The first-order valence-corrected chi connectivity index (χ1v) is 11.6. The molecule has 0 saturated carbocycles. The van der Waals surface area contributed by atoms with Crippen LogP contribution in [0, 0.1) is 5.82 Å². The third-order valence-electron chi connectivity index (χ3n) is 5.38. The Morgan fingerprint density at radius 3 is 2.59 bits per heavy atom. The summed E-state index contributed by atoms with van der Waals surface area (Å²) in [4.78, 5) is -0.0676. The first-order valence-electron chi connectivity index (χ1n) is 9.74. The fourth-order valence-corrected chi connectivity index (χ4v) is 5.43. The van der Waals surface area contributed by atoms with Crippen molar-refractivity contribution in [2.45, 2.75) is 17.9 Å². The van der Waals surface area contributed by atoms with Gasteiger partial charge in [-0.1, -0.05) is 29.8 Å². The van der Waals surface area contributed by atoms with E-state index in [1.165, 1.54) is 10.4 Å². The first-order chi connectivity index (χ1) is 15.3. The molecular weight excluding hydrogens is 457 g/mol. The van der Waals surface area contributed by atoms with Crippen LogP contribution in [0.15, 0.2) is 57.8 Å². The molecule has 3 heterocycles. The van der Waals surface area contributed by atoms with Crippen LogP contribution < -0.4 is 0 Å². The van der Waals surface area contributed by atoms with Gasteiger partial charge >= 0.3 is 0 Å². The topological polar surface area (TPSA) is 94.1 Å². The van der Waals surface area contributed by atoms with Crippen LogP contribution in [0.2, 0.25) is 5.02 Å². The van der Waals surface area contributed by atoms with Crippen LogP contribution >= 0.6 is 11.6 Å². The maximum atomic E-state index is 13.5. The summed E-state index contributed by atoms with van der Waals surface area (Å²) in [5.74, 6) is -0.113. The Labute approximate surface area is 188 Å². The molecule has 8 nitrogen and oxygen atoms in total. The third kappa shape index (κ3) is 3.50. The van der Waals surface area contributed by atoms with Crippen LogP contribution in [0.5, 0.6) is 0 Å². The van der Waals surface area contributed by atoms with Crippen LogP contribution in [-0.4, -0.2) is 39.2 Å². The SMILES string of the molecule is Cn1nc(-c2nnc(-c3ccccc3)o2)c2c1CCN(S(=O)(=O)c1ccc(F)c(Cl)c1)C2. The summed E-state index contributed by atoms with van der Waals surface area (Å²) in [6.45, 7) is 0.321. The number of nitrogens with zero attached hydrogens (tertiary/aromatic N) is 5. The van der Waals surface area contributed by atoms with Gasteiger partial charge in [0.1, 0.15) is 5.82 Å². The van der Waals surface area contributed by atoms with Crippen molar-refractivity contribution >= 4 is 21.6 Å². The molecule has 0 amide bonds. The summed E-state index contributed by atoms with van der Waals surface area (Å²) in [6.07, 6.45) is 0.451. The Morgan fingerprint density at radius 1 is 1.09 bits per heavy atom. The Bertz CT molecular complexity index is 1420. The van der Waals surface area contributed by atoms with Gasteiger partial charge in [-0.3, -0.25) is 4.68 Å². The highest BCUT2D eigenvalue weighted by molar-refractivity contribution is 7.89. The molecule has 0 saturated heterocycles. The summed E-state index contributed by atoms with van der Waals surface area (Å²) < 4.78 is 48.7. The second-order valence-electron chi connectivity index (χ2n) is 7.34. The molecule has 0 atom stereocenters. The molecule has 11 heteroatoms. The number of aromatic nitrogens is 4. The van der Waals surface area contributed by atoms with E-state index in [1.54, 1.807) is 11.7 Å². The monoisotopic (exact) mass is 473 g/mol. The van der Waals surface area contributed by atoms with Crippen LogP contribution in [0.25, 0.3) is 23.0 Å². The number of benzene rings is 2. The molecule has 4 aromatic rings. The van der Waals surface area contributed by atoms with E-state index >= 15 is 0 Å². The first kappa shape index (κ1) is 20.8. The lowest BCUT2D eigenvalue weighted by Gasteiger charge is -2.26. The van der Waals surface area contributed by atoms with E-state index in [1.807, 2.05) is 30.3 Å². The number of aryl methyl sites for hydroxylation is 1. The van der Waals surface area contributed by atoms with Gasteiger partial charge in [0.05, 0.1) is 9.92 Å². The van der Waals surface area contributed by atoms with Crippen LogP contribution in [0.3, 0.4) is 0 Å². The fourth-order valence-electron chi connectivity index (χ4n) is 3.75. The van der Waals surface area contributed by atoms with Gasteiger partial charge in [0.25, 0.3) is 5.89 Å². The van der Waals surface area contributed by atoms with E-state index in [9.17, 15) is 12.8 Å². The predicted octanol–water partition coefficient (Wildman–Crippen LogP) is 3.68. The second-order valence-corrected chi connectivity index (χ2v) is 9.69. The van der Waals surface area contributed by atoms with Crippen molar-refractivity contribution < 1.29 is 17.2 Å². The van der Waals surface area contributed by atoms with Gasteiger partial charge < -0.3 is 4.42 Å². The Morgan fingerprint density at radius 2 is 1.84 bits per heavy atom. The Hall–Kier alpha value is -3.08. The normalized spacial score (nSPS) is 14.5. The van der Waals surface area contributed by atoms with Crippen molar-refractivity contribution in [3.8, 4) is 23.0 Å². The molecule has 0 N–H and O–H groups in total. The number of hydrogen-bond donors (Lipinski definition) is 0. The summed E-state index contributed by atoms with van der Waals surface area (Å²) in [5, 5.41) is 12.5. The Balaban J connectivity index is 1.50. The average molecular weight is 474 g/mol. The maximum Gasteiger partial charge on any atom is 0.268 e. The number of hydrogen-bond acceptors (Lipinski definition) is 6. The zero-order valence-corrected chi connectivity index (χ0v) is 18.4. The fraction of sp³-hybridized carbons (Fsp3) is 0.190. The standard InChI is InChI=1S/C21H17ClFN5O3S/c1-27-18-9-10-28(32(29,30)14-7-8-17(23)16(22)11-14)12-15(18)19(26-27)21-25-24-20(31-21)13-5-3-2-4-6-13/h2-8,11H,9-10,12H2,1H3. The zero-order chi connectivity index (χ0) is 22.5. The van der Waals surface area contributed by atoms with E-state index in [0.717, 1.165) is 23.4 Å². The summed E-state index contributed by atoms with van der Waals surface area (Å²) in [7, 11) is -2.10. The number of fused-ring (bicyclic) bond motifs is 1. The highest BCUT2D eigenvalue weighted by Crippen LogP contribution is 2.33. The summed E-state index contributed by atoms with van der Waals surface area (Å²) in [6, 6.07) is 12.7. The molecule has 0 bridgehead atoms. The molecule has 0 unspecified atom stereocenters. The molecule has 1 aliphatic rings. The van der Waals surface area contributed by atoms with Crippen LogP contribution in [-0.2, 0) is 30.0 Å². The van der Waals surface area contributed by atoms with Crippen molar-refractivity contribution in [2.75, 3.05) is 6.54 Å². The van der Waals surface area contributed by atoms with Crippen molar-refractivity contribution in [2.24, 2.45) is 7.05 Å². The number of halogens is 2. The van der Waals surface area contributed by atoms with Gasteiger partial charge in [0.15, 0.2) is 5.69 Å². The smallest absolute Gasteiger partial charge is 0.268 e. The molecular formula is C21H17ClFN5O3S. The highest BCUT2D eigenvalue weighted by Gasteiger charge is 2.34. The van der Waals surface area contributed by atoms with Gasteiger partial charge in [0, 0.05) is 43.4 Å². The minimum absolute atomic E-state index is 0.0676. The molecule has 2 aromatic heterocycles. The largest absolute Gasteiger partial charge is 0.415 e. The number of sulfonamides is 1. The molecule has 32 heavy (non-hydrogen) atoms. The zero-order valence-electron chi connectivity index (χ0n) is 16.9. The van der Waals surface area contributed by atoms with E-state index in [0.29, 0.717) is 23.6 Å². The van der Waals surface area contributed by atoms with E-state index in [-0.39, 0.29) is 28.9 Å². The lowest BCUT2D eigenvalue weighted by molar-refractivity contribution is 0.386. The molecule has 164 valence electrons. The molecule has 1 aliphatic heterocycles. The van der Waals surface area contributed by atoms with Crippen LogP contribution in [0.4, 0.5) is 4.39 Å². The summed E-state index contributed by atoms with van der Waals surface area (Å²) >= 11 is 5.80. The van der Waals surface area contributed by atoms with Crippen molar-refractivity contribution in [3.05, 3.63) is 70.6 Å². The minimum Gasteiger partial charge on any atom is -0.415 e. The third-order valence-corrected chi connectivity index (χ3v) is 7.52. The Kier molecular flexibility index (Phi) is 5.07. The highest BCUT2D eigenvalue weighted by atomic mass is 35.5. The lowest BCUT2D eigenvalue weighted by atomic mass is 10.1. The minimum atomic E-state index is -3.89. The average Bonchev–Trinajstić information content (AvgIpc) is 3.41. The molecule has 0 aliphatic carbocycles. The molecule has 0 fully saturated rings. The molecule has 2 aromatic carbocycles. The van der Waals surface area contributed by atoms with Gasteiger partial charge in [-0.05, 0) is 30.3 Å². The van der Waals surface area contributed by atoms with Crippen molar-refractivity contribution in [1.82, 2.24) is 24.3 Å². The van der Waals surface area contributed by atoms with Gasteiger partial charge in [-0.25, -0.2) is 12.8 Å². The molecule has 0 spiro atoms. The quantitative estimate of drug-likeness (QED) is 0.449. The van der Waals surface area contributed by atoms with Gasteiger partial charge in [-0.2, -0.15) is 9.40 Å². The van der Waals surface area contributed by atoms with E-state index in [4.69, 9.17) is 16.0 Å². The molecule has 5 rings (SSSR count). The molecule has 0 radical (unpaired) electrons. The second kappa shape index (κ2) is 7.80. The van der Waals surface area contributed by atoms with Crippen molar-refractivity contribution in [3.63, 3.8) is 0 Å². The van der Waals surface area contributed by atoms with E-state index in [2.05, 4.69) is 15.3 Å². The number of rotatable bonds is 4. The lowest BCUT2D eigenvalue weighted by Crippen LogP contribution is -2.36. The maximum absolute atomic E-state index is 13.5. The van der Waals surface area contributed by atoms with Crippen LogP contribution in [0.1, 0.15) is 11.3 Å². The van der Waals surface area contributed by atoms with Crippen molar-refractivity contribution in [1.29, 1.82) is 0 Å². The van der Waals surface area contributed by atoms with E-state index < -0.39 is 15.8 Å². The predicted molar refractivity (Wildman–Crippen MR) is 115 cm³/mol. The van der Waals surface area contributed by atoms with Gasteiger partial charge in [-0.15, -0.1) is 10.2 Å². The summed E-state index contributed by atoms with van der Waals surface area (Å²) in [5.41, 5.74) is 2.80. The van der Waals surface area contributed by atoms with Gasteiger partial charge in [0.2, 0.25) is 15.9 Å².